The molecule has 0 bridgehead atoms. The molecule has 3 aromatic carbocycles. The van der Waals surface area contributed by atoms with E-state index in [1.165, 1.54) is 29.2 Å². The number of amides is 2. The van der Waals surface area contributed by atoms with Crippen molar-refractivity contribution < 1.29 is 18.0 Å². The second kappa shape index (κ2) is 13.7. The van der Waals surface area contributed by atoms with Gasteiger partial charge in [-0.1, -0.05) is 82.5 Å². The predicted molar refractivity (Wildman–Crippen MR) is 159 cm³/mol. The highest BCUT2D eigenvalue weighted by atomic mass is 79.9. The van der Waals surface area contributed by atoms with E-state index < -0.39 is 28.5 Å². The summed E-state index contributed by atoms with van der Waals surface area (Å²) in [5.41, 5.74) is 0.828. The highest BCUT2D eigenvalue weighted by Crippen LogP contribution is 2.35. The molecule has 0 radical (unpaired) electrons. The molecular weight excluding hydrogens is 625 g/mol. The van der Waals surface area contributed by atoms with Crippen molar-refractivity contribution in [2.24, 2.45) is 0 Å². The summed E-state index contributed by atoms with van der Waals surface area (Å²) >= 11 is 16.1. The number of hydrogen-bond donors (Lipinski definition) is 1. The van der Waals surface area contributed by atoms with E-state index in [0.717, 1.165) is 20.8 Å². The van der Waals surface area contributed by atoms with Crippen LogP contribution in [0.15, 0.2) is 82.2 Å². The fourth-order valence-corrected chi connectivity index (χ4v) is 5.91. The summed E-state index contributed by atoms with van der Waals surface area (Å²) in [5.74, 6) is -0.923. The van der Waals surface area contributed by atoms with E-state index in [4.69, 9.17) is 23.2 Å². The molecule has 1 N–H and O–H groups in total. The molecule has 0 aliphatic rings. The van der Waals surface area contributed by atoms with Gasteiger partial charge in [-0.3, -0.25) is 13.9 Å². The van der Waals surface area contributed by atoms with Crippen LogP contribution in [0.2, 0.25) is 10.0 Å². The lowest BCUT2D eigenvalue weighted by Crippen LogP contribution is -2.52. The molecular formula is C28H30BrCl2N3O4S. The number of hydrogen-bond acceptors (Lipinski definition) is 4. The van der Waals surface area contributed by atoms with Gasteiger partial charge in [-0.05, 0) is 62.2 Å². The van der Waals surface area contributed by atoms with E-state index in [0.29, 0.717) is 0 Å². The lowest BCUT2D eigenvalue weighted by molar-refractivity contribution is -0.139. The summed E-state index contributed by atoms with van der Waals surface area (Å²) in [6.07, 6.45) is 0.718. The van der Waals surface area contributed by atoms with Crippen LogP contribution in [0.5, 0.6) is 0 Å². The standard InChI is InChI=1S/C28H30BrCl2N3O4S/c1-4-19(2)32-28(36)20(3)33(17-21-13-15-22(29)16-14-21)26(35)18-34(25-12-8-11-24(30)27(25)31)39(37,38)23-9-6-5-7-10-23/h5-16,19-20H,4,17-18H2,1-3H3,(H,32,36). The minimum atomic E-state index is -4.23. The molecule has 0 saturated carbocycles. The minimum Gasteiger partial charge on any atom is -0.352 e. The summed E-state index contributed by atoms with van der Waals surface area (Å²) in [5, 5.41) is 3.04. The van der Waals surface area contributed by atoms with Crippen molar-refractivity contribution in [3.05, 3.63) is 92.9 Å². The molecule has 208 valence electrons. The lowest BCUT2D eigenvalue weighted by Gasteiger charge is -2.32. The maximum absolute atomic E-state index is 13.9. The molecule has 0 saturated heterocycles. The molecule has 0 heterocycles. The molecule has 39 heavy (non-hydrogen) atoms. The van der Waals surface area contributed by atoms with Crippen molar-refractivity contribution in [1.82, 2.24) is 10.2 Å². The second-order valence-electron chi connectivity index (χ2n) is 9.04. The molecule has 7 nitrogen and oxygen atoms in total. The molecule has 0 aliphatic carbocycles. The van der Waals surface area contributed by atoms with Crippen molar-refractivity contribution >= 4 is 66.7 Å². The van der Waals surface area contributed by atoms with Crippen LogP contribution < -0.4 is 9.62 Å². The van der Waals surface area contributed by atoms with E-state index in [2.05, 4.69) is 21.2 Å². The molecule has 3 aromatic rings. The summed E-state index contributed by atoms with van der Waals surface area (Å²) in [6.45, 7) is 4.93. The predicted octanol–water partition coefficient (Wildman–Crippen LogP) is 6.28. The summed E-state index contributed by atoms with van der Waals surface area (Å²) in [4.78, 5) is 28.4. The maximum Gasteiger partial charge on any atom is 0.264 e. The van der Waals surface area contributed by atoms with Crippen LogP contribution in [-0.4, -0.2) is 43.8 Å². The maximum atomic E-state index is 13.9. The fraction of sp³-hybridized carbons (Fsp3) is 0.286. The van der Waals surface area contributed by atoms with Gasteiger partial charge in [-0.25, -0.2) is 8.42 Å². The van der Waals surface area contributed by atoms with Gasteiger partial charge in [0, 0.05) is 17.1 Å². The Morgan fingerprint density at radius 2 is 1.59 bits per heavy atom. The Kier molecular flexibility index (Phi) is 10.8. The van der Waals surface area contributed by atoms with Crippen LogP contribution in [0.25, 0.3) is 0 Å². The van der Waals surface area contributed by atoms with Crippen molar-refractivity contribution in [3.63, 3.8) is 0 Å². The lowest BCUT2D eigenvalue weighted by atomic mass is 10.1. The van der Waals surface area contributed by atoms with E-state index >= 15 is 0 Å². The quantitative estimate of drug-likeness (QED) is 0.264. The first kappa shape index (κ1) is 30.9. The van der Waals surface area contributed by atoms with Crippen LogP contribution in [0.3, 0.4) is 0 Å². The van der Waals surface area contributed by atoms with Crippen LogP contribution in [-0.2, 0) is 26.2 Å². The van der Waals surface area contributed by atoms with Gasteiger partial charge in [0.15, 0.2) is 0 Å². The highest BCUT2D eigenvalue weighted by molar-refractivity contribution is 9.10. The zero-order valence-electron chi connectivity index (χ0n) is 21.8. The Morgan fingerprint density at radius 3 is 2.21 bits per heavy atom. The normalized spacial score (nSPS) is 12.9. The number of carbonyl (C=O) groups excluding carboxylic acids is 2. The molecule has 0 fully saturated rings. The van der Waals surface area contributed by atoms with Crippen LogP contribution >= 0.6 is 39.1 Å². The Morgan fingerprint density at radius 1 is 0.949 bits per heavy atom. The van der Waals surface area contributed by atoms with Crippen molar-refractivity contribution in [3.8, 4) is 0 Å². The van der Waals surface area contributed by atoms with Crippen LogP contribution in [0.1, 0.15) is 32.8 Å². The molecule has 0 aliphatic heterocycles. The zero-order chi connectivity index (χ0) is 28.7. The zero-order valence-corrected chi connectivity index (χ0v) is 25.7. The van der Waals surface area contributed by atoms with Gasteiger partial charge in [0.05, 0.1) is 20.6 Å². The summed E-state index contributed by atoms with van der Waals surface area (Å²) in [7, 11) is -4.23. The van der Waals surface area contributed by atoms with Crippen molar-refractivity contribution in [2.75, 3.05) is 10.8 Å². The Balaban J connectivity index is 2.05. The number of halogens is 3. The second-order valence-corrected chi connectivity index (χ2v) is 12.6. The van der Waals surface area contributed by atoms with Gasteiger partial charge >= 0.3 is 0 Å². The largest absolute Gasteiger partial charge is 0.352 e. The monoisotopic (exact) mass is 653 g/mol. The Labute approximate surface area is 248 Å². The van der Waals surface area contributed by atoms with Gasteiger partial charge in [0.1, 0.15) is 12.6 Å². The first-order chi connectivity index (χ1) is 18.4. The van der Waals surface area contributed by atoms with E-state index in [-0.39, 0.29) is 39.1 Å². The number of benzene rings is 3. The van der Waals surface area contributed by atoms with Crippen molar-refractivity contribution in [2.45, 2.75) is 50.7 Å². The summed E-state index contributed by atoms with van der Waals surface area (Å²) in [6, 6.07) is 18.7. The van der Waals surface area contributed by atoms with Gasteiger partial charge in [-0.2, -0.15) is 0 Å². The van der Waals surface area contributed by atoms with Crippen molar-refractivity contribution in [1.29, 1.82) is 0 Å². The van der Waals surface area contributed by atoms with Gasteiger partial charge in [0.2, 0.25) is 11.8 Å². The molecule has 3 rings (SSSR count). The van der Waals surface area contributed by atoms with Gasteiger partial charge in [-0.15, -0.1) is 0 Å². The fourth-order valence-electron chi connectivity index (χ4n) is 3.75. The minimum absolute atomic E-state index is 0.00602. The van der Waals surface area contributed by atoms with Crippen LogP contribution in [0, 0.1) is 0 Å². The first-order valence-electron chi connectivity index (χ1n) is 12.3. The average Bonchev–Trinajstić information content (AvgIpc) is 2.92. The average molecular weight is 655 g/mol. The van der Waals surface area contributed by atoms with E-state index in [1.54, 1.807) is 31.2 Å². The third kappa shape index (κ3) is 7.75. The number of nitrogens with zero attached hydrogens (tertiary/aromatic N) is 2. The number of anilines is 1. The number of nitrogens with one attached hydrogen (secondary N) is 1. The number of rotatable bonds is 11. The van der Waals surface area contributed by atoms with E-state index in [9.17, 15) is 18.0 Å². The number of carbonyl (C=O) groups is 2. The van der Waals surface area contributed by atoms with Crippen LogP contribution in [0.4, 0.5) is 5.69 Å². The van der Waals surface area contributed by atoms with Gasteiger partial charge < -0.3 is 10.2 Å². The molecule has 11 heteroatoms. The SMILES string of the molecule is CCC(C)NC(=O)C(C)N(Cc1ccc(Br)cc1)C(=O)CN(c1cccc(Cl)c1Cl)S(=O)(=O)c1ccccc1. The molecule has 2 atom stereocenters. The number of sulfonamides is 1. The highest BCUT2D eigenvalue weighted by Gasteiger charge is 2.33. The molecule has 2 amide bonds. The topological polar surface area (TPSA) is 86.8 Å². The third-order valence-electron chi connectivity index (χ3n) is 6.24. The smallest absolute Gasteiger partial charge is 0.264 e. The Hall–Kier alpha value is -2.59. The Bertz CT molecular complexity index is 1410. The molecule has 2 unspecified atom stereocenters. The molecule has 0 aromatic heterocycles. The molecule has 0 spiro atoms. The van der Waals surface area contributed by atoms with Gasteiger partial charge in [0.25, 0.3) is 10.0 Å². The third-order valence-corrected chi connectivity index (χ3v) is 9.36. The first-order valence-corrected chi connectivity index (χ1v) is 15.3. The van der Waals surface area contributed by atoms with E-state index in [1.807, 2.05) is 38.1 Å². The summed E-state index contributed by atoms with van der Waals surface area (Å²) < 4.78 is 29.4.